The number of hydrogen-bond donors (Lipinski definition) is 2. The van der Waals surface area contributed by atoms with E-state index in [1.165, 1.54) is 6.07 Å². The monoisotopic (exact) mass is 237 g/mol. The second-order valence-electron chi connectivity index (χ2n) is 3.38. The molecule has 1 aromatic heterocycles. The Morgan fingerprint density at radius 3 is 2.88 bits per heavy atom. The highest BCUT2D eigenvalue weighted by Gasteiger charge is 2.11. The fraction of sp³-hybridized carbons (Fsp3) is 0.273. The van der Waals surface area contributed by atoms with E-state index in [1.54, 1.807) is 18.2 Å². The lowest BCUT2D eigenvalue weighted by Gasteiger charge is -1.97. The van der Waals surface area contributed by atoms with Gasteiger partial charge in [0.15, 0.2) is 0 Å². The number of nitrogens with zero attached hydrogens (tertiary/aromatic N) is 2. The molecule has 0 spiro atoms. The van der Waals surface area contributed by atoms with E-state index in [0.29, 0.717) is 19.0 Å². The molecular weight excluding hydrogens is 225 g/mol. The molecule has 0 saturated heterocycles. The van der Waals surface area contributed by atoms with Crippen molar-refractivity contribution < 1.29 is 13.9 Å². The average molecular weight is 237 g/mol. The summed E-state index contributed by atoms with van der Waals surface area (Å²) in [5.74, 6) is 0.117. The van der Waals surface area contributed by atoms with Crippen LogP contribution in [0.15, 0.2) is 28.7 Å². The van der Waals surface area contributed by atoms with E-state index in [2.05, 4.69) is 15.5 Å². The van der Waals surface area contributed by atoms with Crippen molar-refractivity contribution in [3.05, 3.63) is 36.0 Å². The first-order valence-corrected chi connectivity index (χ1v) is 5.20. The van der Waals surface area contributed by atoms with Crippen molar-refractivity contribution in [2.75, 3.05) is 13.2 Å². The van der Waals surface area contributed by atoms with Crippen molar-refractivity contribution in [3.63, 3.8) is 0 Å². The topological polar surface area (TPSA) is 71.2 Å². The average Bonchev–Trinajstić information content (AvgIpc) is 2.79. The Labute approximate surface area is 97.3 Å². The Morgan fingerprint density at radius 2 is 2.12 bits per heavy atom. The SMILES string of the molecule is OCCNCc1nnc(-c2ccccc2F)o1. The molecule has 0 saturated carbocycles. The Kier molecular flexibility index (Phi) is 3.79. The first kappa shape index (κ1) is 11.7. The van der Waals surface area contributed by atoms with Gasteiger partial charge in [0.25, 0.3) is 5.89 Å². The first-order chi connectivity index (χ1) is 8.31. The number of nitrogens with one attached hydrogen (secondary N) is 1. The first-order valence-electron chi connectivity index (χ1n) is 5.20. The molecule has 2 aromatic rings. The molecule has 0 bridgehead atoms. The van der Waals surface area contributed by atoms with Crippen LogP contribution in [0.2, 0.25) is 0 Å². The largest absolute Gasteiger partial charge is 0.419 e. The molecule has 0 amide bonds. The van der Waals surface area contributed by atoms with Gasteiger partial charge in [0.2, 0.25) is 5.89 Å². The van der Waals surface area contributed by atoms with Crippen LogP contribution in [0.3, 0.4) is 0 Å². The van der Waals surface area contributed by atoms with Gasteiger partial charge >= 0.3 is 0 Å². The molecule has 1 aromatic carbocycles. The maximum atomic E-state index is 13.4. The molecule has 0 atom stereocenters. The number of hydrogen-bond acceptors (Lipinski definition) is 5. The Hall–Kier alpha value is -1.79. The van der Waals surface area contributed by atoms with Crippen LogP contribution in [0.1, 0.15) is 5.89 Å². The zero-order valence-corrected chi connectivity index (χ0v) is 9.06. The third-order valence-corrected chi connectivity index (χ3v) is 2.14. The van der Waals surface area contributed by atoms with Gasteiger partial charge in [-0.1, -0.05) is 12.1 Å². The van der Waals surface area contributed by atoms with Crippen LogP contribution >= 0.6 is 0 Å². The molecule has 17 heavy (non-hydrogen) atoms. The fourth-order valence-corrected chi connectivity index (χ4v) is 1.34. The number of benzene rings is 1. The minimum absolute atomic E-state index is 0.0360. The Bertz CT molecular complexity index is 487. The quantitative estimate of drug-likeness (QED) is 0.758. The molecule has 2 N–H and O–H groups in total. The lowest BCUT2D eigenvalue weighted by molar-refractivity contribution is 0.289. The molecule has 0 aliphatic carbocycles. The molecule has 0 unspecified atom stereocenters. The summed E-state index contributed by atoms with van der Waals surface area (Å²) in [5, 5.41) is 19.0. The smallest absolute Gasteiger partial charge is 0.250 e. The van der Waals surface area contributed by atoms with Gasteiger partial charge in [-0.3, -0.25) is 0 Å². The molecule has 0 aliphatic heterocycles. The number of halogens is 1. The fourth-order valence-electron chi connectivity index (χ4n) is 1.34. The van der Waals surface area contributed by atoms with Crippen LogP contribution in [0, 0.1) is 5.82 Å². The van der Waals surface area contributed by atoms with Gasteiger partial charge in [-0.2, -0.15) is 0 Å². The summed E-state index contributed by atoms with van der Waals surface area (Å²) in [4.78, 5) is 0. The van der Waals surface area contributed by atoms with Crippen molar-refractivity contribution >= 4 is 0 Å². The summed E-state index contributed by atoms with van der Waals surface area (Å²) in [7, 11) is 0. The molecule has 0 aliphatic rings. The second kappa shape index (κ2) is 5.51. The van der Waals surface area contributed by atoms with Crippen molar-refractivity contribution in [1.82, 2.24) is 15.5 Å². The summed E-state index contributed by atoms with van der Waals surface area (Å²) < 4.78 is 18.7. The van der Waals surface area contributed by atoms with Gasteiger partial charge in [-0.25, -0.2) is 4.39 Å². The molecule has 0 radical (unpaired) electrons. The van der Waals surface area contributed by atoms with Gasteiger partial charge < -0.3 is 14.8 Å². The molecule has 2 rings (SSSR count). The third-order valence-electron chi connectivity index (χ3n) is 2.14. The Balaban J connectivity index is 2.10. The van der Waals surface area contributed by atoms with Gasteiger partial charge in [0.1, 0.15) is 5.82 Å². The zero-order chi connectivity index (χ0) is 12.1. The van der Waals surface area contributed by atoms with Crippen molar-refractivity contribution in [1.29, 1.82) is 0 Å². The van der Waals surface area contributed by atoms with Crippen LogP contribution in [0.5, 0.6) is 0 Å². The second-order valence-corrected chi connectivity index (χ2v) is 3.38. The number of aliphatic hydroxyl groups is 1. The van der Waals surface area contributed by atoms with E-state index in [1.807, 2.05) is 0 Å². The predicted molar refractivity (Wildman–Crippen MR) is 58.5 cm³/mol. The summed E-state index contributed by atoms with van der Waals surface area (Å²) >= 11 is 0. The highest BCUT2D eigenvalue weighted by atomic mass is 19.1. The number of rotatable bonds is 5. The van der Waals surface area contributed by atoms with Crippen molar-refractivity contribution in [2.24, 2.45) is 0 Å². The van der Waals surface area contributed by atoms with Gasteiger partial charge in [0.05, 0.1) is 18.7 Å². The summed E-state index contributed by atoms with van der Waals surface area (Å²) in [6, 6.07) is 6.21. The third kappa shape index (κ3) is 2.86. The molecular formula is C11H12FN3O2. The van der Waals surface area contributed by atoms with Crippen LogP contribution in [0.4, 0.5) is 4.39 Å². The summed E-state index contributed by atoms with van der Waals surface area (Å²) in [6.45, 7) is 0.827. The lowest BCUT2D eigenvalue weighted by atomic mass is 10.2. The summed E-state index contributed by atoms with van der Waals surface area (Å²) in [6.07, 6.45) is 0. The number of aliphatic hydroxyl groups excluding tert-OH is 1. The molecule has 90 valence electrons. The van der Waals surface area contributed by atoms with Gasteiger partial charge in [0, 0.05) is 6.54 Å². The van der Waals surface area contributed by atoms with E-state index in [0.717, 1.165) is 0 Å². The minimum Gasteiger partial charge on any atom is -0.419 e. The Morgan fingerprint density at radius 1 is 1.29 bits per heavy atom. The van der Waals surface area contributed by atoms with Gasteiger partial charge in [-0.15, -0.1) is 10.2 Å². The molecule has 1 heterocycles. The molecule has 5 nitrogen and oxygen atoms in total. The maximum Gasteiger partial charge on any atom is 0.250 e. The van der Waals surface area contributed by atoms with E-state index >= 15 is 0 Å². The highest BCUT2D eigenvalue weighted by Crippen LogP contribution is 2.20. The lowest BCUT2D eigenvalue weighted by Crippen LogP contribution is -2.17. The van der Waals surface area contributed by atoms with E-state index in [9.17, 15) is 4.39 Å². The van der Waals surface area contributed by atoms with Crippen molar-refractivity contribution in [2.45, 2.75) is 6.54 Å². The zero-order valence-electron chi connectivity index (χ0n) is 9.06. The van der Waals surface area contributed by atoms with Crippen LogP contribution in [-0.4, -0.2) is 28.5 Å². The minimum atomic E-state index is -0.397. The van der Waals surface area contributed by atoms with Gasteiger partial charge in [-0.05, 0) is 12.1 Å². The summed E-state index contributed by atoms with van der Waals surface area (Å²) in [5.41, 5.74) is 0.286. The van der Waals surface area contributed by atoms with Crippen molar-refractivity contribution in [3.8, 4) is 11.5 Å². The van der Waals surface area contributed by atoms with E-state index < -0.39 is 5.82 Å². The molecule has 0 fully saturated rings. The van der Waals surface area contributed by atoms with Crippen LogP contribution < -0.4 is 5.32 Å². The highest BCUT2D eigenvalue weighted by molar-refractivity contribution is 5.53. The normalized spacial score (nSPS) is 10.7. The molecule has 6 heteroatoms. The predicted octanol–water partition coefficient (Wildman–Crippen LogP) is 0.958. The van der Waals surface area contributed by atoms with E-state index in [4.69, 9.17) is 9.52 Å². The van der Waals surface area contributed by atoms with Crippen LogP contribution in [-0.2, 0) is 6.54 Å². The maximum absolute atomic E-state index is 13.4. The standard InChI is InChI=1S/C11H12FN3O2/c12-9-4-2-1-3-8(9)11-15-14-10(17-11)7-13-5-6-16/h1-4,13,16H,5-7H2. The number of aromatic nitrogens is 2. The van der Waals surface area contributed by atoms with E-state index in [-0.39, 0.29) is 18.1 Å². The van der Waals surface area contributed by atoms with Crippen LogP contribution in [0.25, 0.3) is 11.5 Å².